The second kappa shape index (κ2) is 7.38. The number of methoxy groups -OCH3 is 1. The number of rotatable bonds is 5. The van der Waals surface area contributed by atoms with Crippen LogP contribution in [-0.2, 0) is 4.79 Å². The molecule has 1 amide bonds. The van der Waals surface area contributed by atoms with Gasteiger partial charge in [-0.15, -0.1) is 11.8 Å². The van der Waals surface area contributed by atoms with Crippen LogP contribution in [0, 0.1) is 0 Å². The quantitative estimate of drug-likeness (QED) is 0.835. The first-order valence-electron chi connectivity index (χ1n) is 8.05. The Labute approximate surface area is 136 Å². The molecule has 0 radical (unpaired) electrons. The van der Waals surface area contributed by atoms with Crippen molar-refractivity contribution < 1.29 is 9.53 Å². The zero-order chi connectivity index (χ0) is 15.4. The van der Waals surface area contributed by atoms with Crippen molar-refractivity contribution in [1.82, 2.24) is 9.80 Å². The van der Waals surface area contributed by atoms with Crippen LogP contribution in [0.4, 0.5) is 0 Å². The van der Waals surface area contributed by atoms with E-state index in [0.717, 1.165) is 24.4 Å². The van der Waals surface area contributed by atoms with Crippen molar-refractivity contribution >= 4 is 17.7 Å². The van der Waals surface area contributed by atoms with Gasteiger partial charge in [-0.05, 0) is 43.6 Å². The van der Waals surface area contributed by atoms with Gasteiger partial charge in [0, 0.05) is 13.1 Å². The Morgan fingerprint density at radius 3 is 2.82 bits per heavy atom. The van der Waals surface area contributed by atoms with Crippen molar-refractivity contribution in [2.45, 2.75) is 24.6 Å². The summed E-state index contributed by atoms with van der Waals surface area (Å²) in [7, 11) is 1.68. The van der Waals surface area contributed by atoms with Crippen LogP contribution in [-0.4, -0.2) is 54.7 Å². The van der Waals surface area contributed by atoms with Crippen molar-refractivity contribution in [2.75, 3.05) is 39.0 Å². The third-order valence-corrected chi connectivity index (χ3v) is 5.71. The third-order valence-electron chi connectivity index (χ3n) is 4.45. The number of ether oxygens (including phenoxy) is 1. The van der Waals surface area contributed by atoms with Gasteiger partial charge >= 0.3 is 0 Å². The number of amides is 1. The summed E-state index contributed by atoms with van der Waals surface area (Å²) in [4.78, 5) is 16.8. The van der Waals surface area contributed by atoms with Gasteiger partial charge in [-0.2, -0.15) is 0 Å². The third kappa shape index (κ3) is 3.58. The molecule has 0 N–H and O–H groups in total. The smallest absolute Gasteiger partial charge is 0.233 e. The van der Waals surface area contributed by atoms with Crippen LogP contribution in [0.3, 0.4) is 0 Å². The van der Waals surface area contributed by atoms with Gasteiger partial charge in [-0.3, -0.25) is 4.79 Å². The number of nitrogens with zero attached hydrogens (tertiary/aromatic N) is 2. The first kappa shape index (κ1) is 15.7. The number of piperidine rings is 1. The average Bonchev–Trinajstić information content (AvgIpc) is 2.95. The fourth-order valence-corrected chi connectivity index (χ4v) is 4.41. The Morgan fingerprint density at radius 2 is 2.05 bits per heavy atom. The fraction of sp³-hybridized carbons (Fsp3) is 0.588. The van der Waals surface area contributed by atoms with Gasteiger partial charge in [-0.1, -0.05) is 18.6 Å². The molecule has 0 spiro atoms. The van der Waals surface area contributed by atoms with Gasteiger partial charge in [0.25, 0.3) is 0 Å². The number of likely N-dealkylation sites (tertiary alicyclic amines) is 1. The van der Waals surface area contributed by atoms with E-state index >= 15 is 0 Å². The van der Waals surface area contributed by atoms with E-state index in [2.05, 4.69) is 11.0 Å². The lowest BCUT2D eigenvalue weighted by molar-refractivity contribution is -0.128. The van der Waals surface area contributed by atoms with E-state index in [1.165, 1.54) is 32.4 Å². The molecule has 22 heavy (non-hydrogen) atoms. The lowest BCUT2D eigenvalue weighted by Crippen LogP contribution is -2.39. The summed E-state index contributed by atoms with van der Waals surface area (Å²) in [6.07, 6.45) is 3.94. The minimum Gasteiger partial charge on any atom is -0.497 e. The van der Waals surface area contributed by atoms with Crippen molar-refractivity contribution in [2.24, 2.45) is 0 Å². The molecule has 0 bridgehead atoms. The zero-order valence-electron chi connectivity index (χ0n) is 13.2. The van der Waals surface area contributed by atoms with Crippen molar-refractivity contribution in [3.05, 3.63) is 29.8 Å². The summed E-state index contributed by atoms with van der Waals surface area (Å²) >= 11 is 1.72. The molecule has 0 saturated carbocycles. The van der Waals surface area contributed by atoms with E-state index in [1.54, 1.807) is 18.9 Å². The highest BCUT2D eigenvalue weighted by Gasteiger charge is 2.33. The summed E-state index contributed by atoms with van der Waals surface area (Å²) < 4.78 is 5.31. The van der Waals surface area contributed by atoms with Gasteiger partial charge in [-0.25, -0.2) is 0 Å². The molecule has 2 aliphatic rings. The summed E-state index contributed by atoms with van der Waals surface area (Å²) in [5, 5.41) is 0.132. The van der Waals surface area contributed by atoms with Crippen LogP contribution in [0.25, 0.3) is 0 Å². The van der Waals surface area contributed by atoms with Crippen LogP contribution >= 0.6 is 11.8 Å². The Balaban J connectivity index is 1.66. The molecular weight excluding hydrogens is 296 g/mol. The first-order valence-corrected chi connectivity index (χ1v) is 9.10. The second-order valence-corrected chi connectivity index (χ2v) is 7.00. The Hall–Kier alpha value is -1.20. The number of carbonyl (C=O) groups is 1. The topological polar surface area (TPSA) is 32.8 Å². The van der Waals surface area contributed by atoms with Gasteiger partial charge in [0.2, 0.25) is 5.91 Å². The van der Waals surface area contributed by atoms with Crippen molar-refractivity contribution in [3.63, 3.8) is 0 Å². The molecule has 0 aliphatic carbocycles. The van der Waals surface area contributed by atoms with Gasteiger partial charge in [0.15, 0.2) is 0 Å². The lowest BCUT2D eigenvalue weighted by Gasteiger charge is -2.30. The van der Waals surface area contributed by atoms with Crippen LogP contribution < -0.4 is 4.74 Å². The van der Waals surface area contributed by atoms with E-state index in [9.17, 15) is 4.79 Å². The summed E-state index contributed by atoms with van der Waals surface area (Å²) in [6, 6.07) is 8.08. The lowest BCUT2D eigenvalue weighted by atomic mass is 10.1. The first-order chi connectivity index (χ1) is 10.8. The maximum absolute atomic E-state index is 12.2. The van der Waals surface area contributed by atoms with E-state index in [4.69, 9.17) is 4.74 Å². The Morgan fingerprint density at radius 1 is 1.23 bits per heavy atom. The highest BCUT2D eigenvalue weighted by Crippen LogP contribution is 2.39. The Bertz CT molecular complexity index is 517. The molecule has 2 saturated heterocycles. The predicted molar refractivity (Wildman–Crippen MR) is 90.2 cm³/mol. The number of hydrogen-bond acceptors (Lipinski definition) is 4. The number of benzene rings is 1. The molecule has 1 atom stereocenters. The second-order valence-electron chi connectivity index (χ2n) is 5.93. The molecular formula is C17H24N2O2S. The molecule has 1 aromatic rings. The van der Waals surface area contributed by atoms with Crippen LogP contribution in [0.15, 0.2) is 24.3 Å². The normalized spacial score (nSPS) is 23.0. The van der Waals surface area contributed by atoms with Gasteiger partial charge in [0.05, 0.1) is 12.9 Å². The minimum atomic E-state index is 0.132. The molecule has 2 aliphatic heterocycles. The van der Waals surface area contributed by atoms with Crippen molar-refractivity contribution in [3.8, 4) is 5.75 Å². The molecule has 0 aromatic heterocycles. The summed E-state index contributed by atoms with van der Waals surface area (Å²) in [6.45, 7) is 4.18. The molecule has 1 aromatic carbocycles. The largest absolute Gasteiger partial charge is 0.497 e. The monoisotopic (exact) mass is 320 g/mol. The molecule has 4 nitrogen and oxygen atoms in total. The standard InChI is InChI=1S/C17H24N2O2S/c1-21-15-7-5-6-14(12-15)17-19(16(20)13-22-17)11-10-18-8-3-2-4-9-18/h5-7,12,17H,2-4,8-11,13H2,1H3. The fourth-order valence-electron chi connectivity index (χ4n) is 3.20. The SMILES string of the molecule is COc1cccc(C2SCC(=O)N2CCN2CCCCC2)c1. The van der Waals surface area contributed by atoms with E-state index in [0.29, 0.717) is 5.75 Å². The molecule has 1 unspecified atom stereocenters. The molecule has 120 valence electrons. The minimum absolute atomic E-state index is 0.132. The number of carbonyl (C=O) groups excluding carboxylic acids is 1. The van der Waals surface area contributed by atoms with Crippen molar-refractivity contribution in [1.29, 1.82) is 0 Å². The molecule has 3 rings (SSSR count). The highest BCUT2D eigenvalue weighted by molar-refractivity contribution is 8.00. The molecule has 2 fully saturated rings. The van der Waals surface area contributed by atoms with E-state index in [-0.39, 0.29) is 11.3 Å². The van der Waals surface area contributed by atoms with E-state index < -0.39 is 0 Å². The Kier molecular flexibility index (Phi) is 5.26. The molecule has 2 heterocycles. The predicted octanol–water partition coefficient (Wildman–Crippen LogP) is 2.76. The number of thioether (sulfide) groups is 1. The summed E-state index contributed by atoms with van der Waals surface area (Å²) in [5.74, 6) is 1.70. The van der Waals surface area contributed by atoms with Crippen LogP contribution in [0.5, 0.6) is 5.75 Å². The van der Waals surface area contributed by atoms with Gasteiger partial charge < -0.3 is 14.5 Å². The van der Waals surface area contributed by atoms with Crippen LogP contribution in [0.1, 0.15) is 30.2 Å². The zero-order valence-corrected chi connectivity index (χ0v) is 14.0. The molecule has 5 heteroatoms. The van der Waals surface area contributed by atoms with Crippen LogP contribution in [0.2, 0.25) is 0 Å². The van der Waals surface area contributed by atoms with Gasteiger partial charge in [0.1, 0.15) is 11.1 Å². The summed E-state index contributed by atoms with van der Waals surface area (Å²) in [5.41, 5.74) is 1.16. The number of hydrogen-bond donors (Lipinski definition) is 0. The maximum atomic E-state index is 12.2. The maximum Gasteiger partial charge on any atom is 0.233 e. The highest BCUT2D eigenvalue weighted by atomic mass is 32.2. The average molecular weight is 320 g/mol. The van der Waals surface area contributed by atoms with E-state index in [1.807, 2.05) is 23.1 Å².